The monoisotopic (exact) mass is 221 g/mol. The van der Waals surface area contributed by atoms with Crippen molar-refractivity contribution in [3.63, 3.8) is 0 Å². The molecule has 0 fully saturated rings. The van der Waals surface area contributed by atoms with Gasteiger partial charge in [-0.2, -0.15) is 0 Å². The summed E-state index contributed by atoms with van der Waals surface area (Å²) in [5, 5.41) is 20.0. The summed E-state index contributed by atoms with van der Waals surface area (Å²) in [5.41, 5.74) is 3.42. The van der Waals surface area contributed by atoms with Crippen molar-refractivity contribution in [2.24, 2.45) is 0 Å². The van der Waals surface area contributed by atoms with Gasteiger partial charge in [0.2, 0.25) is 0 Å². The molecule has 0 aromatic heterocycles. The molecule has 0 N–H and O–H groups in total. The number of carbonyl (C=O) groups is 2. The summed E-state index contributed by atoms with van der Waals surface area (Å²) in [7, 11) is 0. The fraction of sp³-hybridized carbons (Fsp3) is 0.667. The number of carboxylic acids is 2. The van der Waals surface area contributed by atoms with Crippen molar-refractivity contribution in [3.05, 3.63) is 0 Å². The molecule has 0 aliphatic rings. The van der Waals surface area contributed by atoms with Crippen molar-refractivity contribution in [1.29, 1.82) is 0 Å². The second-order valence-electron chi connectivity index (χ2n) is 3.00. The Balaban J connectivity index is 3.99. The number of carboxylic acid groups (broad SMARTS) is 2. The number of hydrogen-bond donors (Lipinski definition) is 0. The standard InChI is InChI=1S/C6H12AsO4/c1-7(2,3-5(8)9)4-6(10)11/h3-4H2,1-2H3,(H,8,9)(H,10,11)/p-2. The van der Waals surface area contributed by atoms with Crippen LogP contribution < -0.4 is 10.2 Å². The Morgan fingerprint density at radius 2 is 1.36 bits per heavy atom. The maximum absolute atomic E-state index is 10.1. The number of rotatable bonds is 4. The molecule has 0 atom stereocenters. The van der Waals surface area contributed by atoms with E-state index in [1.807, 2.05) is 0 Å². The van der Waals surface area contributed by atoms with Gasteiger partial charge in [0, 0.05) is 0 Å². The average Bonchev–Trinajstić information content (AvgIpc) is 1.53. The summed E-state index contributed by atoms with van der Waals surface area (Å²) in [6, 6.07) is 0. The van der Waals surface area contributed by atoms with Gasteiger partial charge < -0.3 is 0 Å². The first-order valence-electron chi connectivity index (χ1n) is 3.05. The average molecular weight is 221 g/mol. The molecule has 1 radical (unpaired) electrons. The molecule has 5 heteroatoms. The Kier molecular flexibility index (Phi) is 3.59. The quantitative estimate of drug-likeness (QED) is 0.524. The van der Waals surface area contributed by atoms with Crippen LogP contribution in [-0.4, -0.2) is 25.5 Å². The van der Waals surface area contributed by atoms with Gasteiger partial charge in [0.1, 0.15) is 0 Å². The van der Waals surface area contributed by atoms with Crippen molar-refractivity contribution >= 4 is 25.5 Å². The Labute approximate surface area is 67.7 Å². The molecule has 0 aliphatic heterocycles. The van der Waals surface area contributed by atoms with E-state index < -0.39 is 25.5 Å². The second-order valence-corrected chi connectivity index (χ2v) is 12.4. The zero-order valence-electron chi connectivity index (χ0n) is 6.49. The minimum absolute atomic E-state index is 0.0910. The minimum atomic E-state index is -2.48. The summed E-state index contributed by atoms with van der Waals surface area (Å²) in [5.74, 6) is -2.33. The molecule has 0 aliphatic carbocycles. The summed E-state index contributed by atoms with van der Waals surface area (Å²) >= 11 is -2.48. The number of aliphatic carboxylic acids is 2. The fourth-order valence-corrected chi connectivity index (χ4v) is 3.92. The van der Waals surface area contributed by atoms with Gasteiger partial charge in [0.05, 0.1) is 0 Å². The molecule has 11 heavy (non-hydrogen) atoms. The Bertz CT molecular complexity index is 157. The van der Waals surface area contributed by atoms with Crippen molar-refractivity contribution in [2.45, 2.75) is 21.8 Å². The van der Waals surface area contributed by atoms with E-state index in [1.54, 1.807) is 11.4 Å². The molecule has 0 unspecified atom stereocenters. The van der Waals surface area contributed by atoms with E-state index in [2.05, 4.69) is 0 Å². The zero-order valence-corrected chi connectivity index (χ0v) is 8.37. The first-order chi connectivity index (χ1) is 4.83. The molecule has 0 spiro atoms. The molecule has 0 aromatic carbocycles. The van der Waals surface area contributed by atoms with Gasteiger partial charge in [-0.15, -0.1) is 0 Å². The molecule has 0 bridgehead atoms. The Morgan fingerprint density at radius 1 is 1.09 bits per heavy atom. The van der Waals surface area contributed by atoms with E-state index >= 15 is 0 Å². The van der Waals surface area contributed by atoms with Crippen LogP contribution >= 0.6 is 0 Å². The SMILES string of the molecule is C[As](C)(CC(=O)[O-])CC(=O)[O-]. The maximum atomic E-state index is 10.1. The summed E-state index contributed by atoms with van der Waals surface area (Å²) in [6.45, 7) is 0. The van der Waals surface area contributed by atoms with Crippen LogP contribution in [0.25, 0.3) is 0 Å². The summed E-state index contributed by atoms with van der Waals surface area (Å²) in [4.78, 5) is 20.2. The van der Waals surface area contributed by atoms with Crippen LogP contribution in [0.5, 0.6) is 0 Å². The number of carbonyl (C=O) groups excluding carboxylic acids is 2. The molecule has 0 rings (SSSR count). The van der Waals surface area contributed by atoms with Gasteiger partial charge in [-0.05, 0) is 0 Å². The van der Waals surface area contributed by atoms with Crippen molar-refractivity contribution in [1.82, 2.24) is 0 Å². The van der Waals surface area contributed by atoms with Crippen LogP contribution in [0.2, 0.25) is 21.8 Å². The Morgan fingerprint density at radius 3 is 1.55 bits per heavy atom. The van der Waals surface area contributed by atoms with Crippen molar-refractivity contribution in [2.75, 3.05) is 0 Å². The molecule has 0 amide bonds. The molecule has 0 saturated carbocycles. The zero-order chi connectivity index (χ0) is 9.07. The predicted molar refractivity (Wildman–Crippen MR) is 37.1 cm³/mol. The van der Waals surface area contributed by atoms with Crippen LogP contribution in [-0.2, 0) is 9.59 Å². The van der Waals surface area contributed by atoms with E-state index in [0.29, 0.717) is 0 Å². The van der Waals surface area contributed by atoms with Gasteiger partial charge >= 0.3 is 67.1 Å². The topological polar surface area (TPSA) is 80.3 Å². The van der Waals surface area contributed by atoms with Crippen LogP contribution in [0.3, 0.4) is 0 Å². The van der Waals surface area contributed by atoms with Crippen LogP contribution in [0, 0.1) is 0 Å². The predicted octanol–water partition coefficient (Wildman–Crippen LogP) is -1.81. The van der Waals surface area contributed by atoms with Crippen LogP contribution in [0.1, 0.15) is 0 Å². The van der Waals surface area contributed by atoms with Gasteiger partial charge in [-0.1, -0.05) is 0 Å². The molecule has 0 saturated heterocycles. The molecule has 65 valence electrons. The van der Waals surface area contributed by atoms with E-state index in [0.717, 1.165) is 0 Å². The fourth-order valence-electron chi connectivity index (χ4n) is 0.755. The van der Waals surface area contributed by atoms with Gasteiger partial charge in [-0.3, -0.25) is 0 Å². The third kappa shape index (κ3) is 5.92. The van der Waals surface area contributed by atoms with E-state index in [1.165, 1.54) is 0 Å². The van der Waals surface area contributed by atoms with Crippen molar-refractivity contribution < 1.29 is 19.8 Å². The molecular weight excluding hydrogens is 211 g/mol. The Hall–Kier alpha value is -0.502. The van der Waals surface area contributed by atoms with Crippen LogP contribution in [0.4, 0.5) is 0 Å². The third-order valence-electron chi connectivity index (χ3n) is 1.11. The van der Waals surface area contributed by atoms with Gasteiger partial charge in [0.15, 0.2) is 0 Å². The van der Waals surface area contributed by atoms with E-state index in [-0.39, 0.29) is 10.4 Å². The first-order valence-corrected chi connectivity index (χ1v) is 9.46. The third-order valence-corrected chi connectivity index (χ3v) is 5.79. The van der Waals surface area contributed by atoms with Gasteiger partial charge in [0.25, 0.3) is 0 Å². The summed E-state index contributed by atoms with van der Waals surface area (Å²) < 4.78 is 0. The van der Waals surface area contributed by atoms with Gasteiger partial charge in [-0.25, -0.2) is 0 Å². The summed E-state index contributed by atoms with van der Waals surface area (Å²) in [6.07, 6.45) is 0. The molecule has 0 aromatic rings. The molecule has 0 heterocycles. The molecular formula is C6H10AsO4-2. The normalized spacial score (nSPS) is 11.1. The van der Waals surface area contributed by atoms with E-state index in [9.17, 15) is 19.8 Å². The van der Waals surface area contributed by atoms with Crippen LogP contribution in [0.15, 0.2) is 0 Å². The molecule has 4 nitrogen and oxygen atoms in total. The van der Waals surface area contributed by atoms with E-state index in [4.69, 9.17) is 0 Å². The second kappa shape index (κ2) is 3.76. The van der Waals surface area contributed by atoms with Crippen molar-refractivity contribution in [3.8, 4) is 0 Å². The first kappa shape index (κ1) is 10.5. The number of hydrogen-bond acceptors (Lipinski definition) is 4.